The molecule has 0 unspecified atom stereocenters. The van der Waals surface area contributed by atoms with Crippen LogP contribution in [0.1, 0.15) is 30.5 Å². The van der Waals surface area contributed by atoms with Crippen LogP contribution in [0.15, 0.2) is 91.0 Å². The van der Waals surface area contributed by atoms with Gasteiger partial charge in [-0.1, -0.05) is 80.6 Å². The molecule has 4 aromatic rings. The Balaban J connectivity index is 1.49. The molecule has 0 saturated heterocycles. The number of rotatable bonds is 13. The largest absolute Gasteiger partial charge is 0.508 e. The normalized spacial score (nSPS) is 13.1. The molecule has 0 bridgehead atoms. The molecule has 0 spiro atoms. The molecular formula is C35H37N3O6. The van der Waals surface area contributed by atoms with Crippen molar-refractivity contribution in [1.29, 1.82) is 0 Å². The lowest BCUT2D eigenvalue weighted by atomic mass is 9.99. The molecule has 3 atom stereocenters. The van der Waals surface area contributed by atoms with Gasteiger partial charge in [-0.25, -0.2) is 0 Å². The second kappa shape index (κ2) is 14.8. The number of hydrogen-bond donors (Lipinski definition) is 5. The van der Waals surface area contributed by atoms with E-state index in [-0.39, 0.29) is 42.6 Å². The van der Waals surface area contributed by atoms with Gasteiger partial charge in [-0.3, -0.25) is 14.4 Å². The minimum absolute atomic E-state index is 0.0487. The van der Waals surface area contributed by atoms with E-state index in [0.717, 1.165) is 21.9 Å². The Hall–Kier alpha value is -5.18. The summed E-state index contributed by atoms with van der Waals surface area (Å²) in [4.78, 5) is 52.0. The van der Waals surface area contributed by atoms with Gasteiger partial charge in [0.2, 0.25) is 17.7 Å². The Morgan fingerprint density at radius 3 is 1.91 bits per heavy atom. The van der Waals surface area contributed by atoms with E-state index in [0.29, 0.717) is 11.8 Å². The first kappa shape index (κ1) is 31.7. The maximum Gasteiger partial charge on any atom is 0.243 e. The smallest absolute Gasteiger partial charge is 0.243 e. The van der Waals surface area contributed by atoms with Gasteiger partial charge in [-0.05, 0) is 64.1 Å². The summed E-state index contributed by atoms with van der Waals surface area (Å²) >= 11 is 0. The van der Waals surface area contributed by atoms with E-state index in [1.165, 1.54) is 24.3 Å². The second-order valence-electron chi connectivity index (χ2n) is 11.2. The molecule has 4 aromatic carbocycles. The molecular weight excluding hydrogens is 558 g/mol. The average molecular weight is 596 g/mol. The van der Waals surface area contributed by atoms with Crippen LogP contribution in [0.5, 0.6) is 11.5 Å². The summed E-state index contributed by atoms with van der Waals surface area (Å²) in [6, 6.07) is 23.3. The predicted octanol–water partition coefficient (Wildman–Crippen LogP) is 3.59. The van der Waals surface area contributed by atoms with Gasteiger partial charge in [0.1, 0.15) is 29.9 Å². The van der Waals surface area contributed by atoms with Gasteiger partial charge in [0.25, 0.3) is 0 Å². The van der Waals surface area contributed by atoms with Crippen LogP contribution < -0.4 is 16.0 Å². The lowest BCUT2D eigenvalue weighted by Gasteiger charge is -2.26. The van der Waals surface area contributed by atoms with Crippen molar-refractivity contribution in [3.05, 3.63) is 108 Å². The van der Waals surface area contributed by atoms with Crippen molar-refractivity contribution in [2.75, 3.05) is 0 Å². The summed E-state index contributed by atoms with van der Waals surface area (Å²) in [5.74, 6) is -1.62. The van der Waals surface area contributed by atoms with Gasteiger partial charge in [0.15, 0.2) is 0 Å². The summed E-state index contributed by atoms with van der Waals surface area (Å²) < 4.78 is 0. The molecule has 0 saturated carbocycles. The molecule has 0 aliphatic carbocycles. The number of aldehydes is 1. The number of hydrogen-bond acceptors (Lipinski definition) is 6. The van der Waals surface area contributed by atoms with E-state index in [1.807, 2.05) is 42.5 Å². The zero-order valence-electron chi connectivity index (χ0n) is 24.7. The Labute approximate surface area is 256 Å². The minimum atomic E-state index is -1.02. The summed E-state index contributed by atoms with van der Waals surface area (Å²) in [5, 5.41) is 29.5. The summed E-state index contributed by atoms with van der Waals surface area (Å²) in [6.45, 7) is 3.54. The van der Waals surface area contributed by atoms with Gasteiger partial charge < -0.3 is 31.0 Å². The number of phenols is 2. The lowest BCUT2D eigenvalue weighted by Crippen LogP contribution is -2.57. The Morgan fingerprint density at radius 2 is 1.30 bits per heavy atom. The molecule has 5 N–H and O–H groups in total. The van der Waals surface area contributed by atoms with Crippen LogP contribution in [-0.4, -0.2) is 52.3 Å². The zero-order valence-corrected chi connectivity index (χ0v) is 24.7. The third kappa shape index (κ3) is 8.67. The fraction of sp³-hybridized carbons (Fsp3) is 0.257. The van der Waals surface area contributed by atoms with Gasteiger partial charge >= 0.3 is 0 Å². The maximum atomic E-state index is 13.7. The Bertz CT molecular complexity index is 1600. The highest BCUT2D eigenvalue weighted by atomic mass is 16.3. The highest BCUT2D eigenvalue weighted by Gasteiger charge is 2.30. The van der Waals surface area contributed by atoms with Crippen LogP contribution in [0.25, 0.3) is 10.8 Å². The number of nitrogens with one attached hydrogen (secondary N) is 3. The number of fused-ring (bicyclic) bond motifs is 1. The van der Waals surface area contributed by atoms with E-state index in [4.69, 9.17) is 0 Å². The number of phenolic OH excluding ortho intramolecular Hbond substituents is 2. The van der Waals surface area contributed by atoms with E-state index in [9.17, 15) is 29.4 Å². The number of aromatic hydroxyl groups is 2. The monoisotopic (exact) mass is 595 g/mol. The highest BCUT2D eigenvalue weighted by molar-refractivity contribution is 5.95. The quantitative estimate of drug-likeness (QED) is 0.150. The summed E-state index contributed by atoms with van der Waals surface area (Å²) in [6.07, 6.45) is 1.01. The Morgan fingerprint density at radius 1 is 0.705 bits per heavy atom. The number of carbonyl (C=O) groups excluding carboxylic acids is 4. The molecule has 228 valence electrons. The number of carbonyl (C=O) groups is 4. The van der Waals surface area contributed by atoms with Crippen molar-refractivity contribution in [1.82, 2.24) is 16.0 Å². The van der Waals surface area contributed by atoms with Gasteiger partial charge in [0.05, 0.1) is 12.5 Å². The van der Waals surface area contributed by atoms with Crippen molar-refractivity contribution < 1.29 is 29.4 Å². The topological polar surface area (TPSA) is 145 Å². The van der Waals surface area contributed by atoms with Crippen molar-refractivity contribution in [2.45, 2.75) is 51.2 Å². The maximum absolute atomic E-state index is 13.7. The number of benzene rings is 4. The first-order chi connectivity index (χ1) is 21.1. The van der Waals surface area contributed by atoms with Crippen LogP contribution in [-0.2, 0) is 38.4 Å². The van der Waals surface area contributed by atoms with Crippen molar-refractivity contribution in [3.8, 4) is 11.5 Å². The van der Waals surface area contributed by atoms with Crippen molar-refractivity contribution >= 4 is 34.8 Å². The molecule has 0 heterocycles. The fourth-order valence-corrected chi connectivity index (χ4v) is 5.02. The molecule has 0 radical (unpaired) electrons. The number of amides is 3. The van der Waals surface area contributed by atoms with E-state index in [2.05, 4.69) is 16.0 Å². The fourth-order valence-electron chi connectivity index (χ4n) is 5.02. The van der Waals surface area contributed by atoms with E-state index < -0.39 is 29.9 Å². The summed E-state index contributed by atoms with van der Waals surface area (Å²) in [7, 11) is 0. The molecule has 0 aromatic heterocycles. The second-order valence-corrected chi connectivity index (χ2v) is 11.2. The first-order valence-corrected chi connectivity index (χ1v) is 14.5. The van der Waals surface area contributed by atoms with Crippen molar-refractivity contribution in [2.24, 2.45) is 5.92 Å². The summed E-state index contributed by atoms with van der Waals surface area (Å²) in [5.41, 5.74) is 2.26. The molecule has 0 aliphatic heterocycles. The van der Waals surface area contributed by atoms with Crippen LogP contribution >= 0.6 is 0 Å². The lowest BCUT2D eigenvalue weighted by molar-refractivity contribution is -0.133. The van der Waals surface area contributed by atoms with Gasteiger partial charge in [-0.2, -0.15) is 0 Å². The molecule has 3 amide bonds. The highest BCUT2D eigenvalue weighted by Crippen LogP contribution is 2.19. The first-order valence-electron chi connectivity index (χ1n) is 14.5. The predicted molar refractivity (Wildman–Crippen MR) is 168 cm³/mol. The third-order valence-corrected chi connectivity index (χ3v) is 7.39. The molecule has 0 aliphatic rings. The van der Waals surface area contributed by atoms with E-state index >= 15 is 0 Å². The van der Waals surface area contributed by atoms with Crippen molar-refractivity contribution in [3.63, 3.8) is 0 Å². The van der Waals surface area contributed by atoms with Gasteiger partial charge in [0, 0.05) is 6.42 Å². The van der Waals surface area contributed by atoms with Crippen LogP contribution in [0.4, 0.5) is 0 Å². The van der Waals surface area contributed by atoms with E-state index in [1.54, 1.807) is 38.1 Å². The molecule has 0 fully saturated rings. The minimum Gasteiger partial charge on any atom is -0.508 e. The standard InChI is InChI=1S/C35H37N3O6/c1-22(2)33(35(44)36-27(21-39)18-23-10-14-28(40)15-11-23)38-34(43)31(19-24-12-16-29(41)17-13-24)37-32(42)20-26-8-5-7-25-6-3-4-9-30(25)26/h3-17,21-22,27,31,33,40-41H,18-20H2,1-2H3,(H,36,44)(H,37,42)(H,38,43)/t27-,31+,33+/m1/s1. The van der Waals surface area contributed by atoms with Crippen LogP contribution in [0.3, 0.4) is 0 Å². The molecule has 44 heavy (non-hydrogen) atoms. The SMILES string of the molecule is CC(C)[C@H](NC(=O)[C@H](Cc1ccc(O)cc1)NC(=O)Cc1cccc2ccccc12)C(=O)N[C@@H](C=O)Cc1ccc(O)cc1. The van der Waals surface area contributed by atoms with Crippen LogP contribution in [0.2, 0.25) is 0 Å². The molecule has 9 nitrogen and oxygen atoms in total. The molecule has 4 rings (SSSR count). The van der Waals surface area contributed by atoms with Gasteiger partial charge in [-0.15, -0.1) is 0 Å². The molecule has 9 heteroatoms. The third-order valence-electron chi connectivity index (χ3n) is 7.39. The Kier molecular flexibility index (Phi) is 10.7. The van der Waals surface area contributed by atoms with Crippen LogP contribution in [0, 0.1) is 5.92 Å². The average Bonchev–Trinajstić information content (AvgIpc) is 3.01. The zero-order chi connectivity index (χ0) is 31.6.